The van der Waals surface area contributed by atoms with Gasteiger partial charge in [0.1, 0.15) is 12.3 Å². The van der Waals surface area contributed by atoms with E-state index in [1.807, 2.05) is 35.4 Å². The van der Waals surface area contributed by atoms with Crippen molar-refractivity contribution < 1.29 is 9.53 Å². The highest BCUT2D eigenvalue weighted by molar-refractivity contribution is 5.76. The number of piperidine rings is 1. The molecule has 8 nitrogen and oxygen atoms in total. The highest BCUT2D eigenvalue weighted by Crippen LogP contribution is 2.34. The Morgan fingerprint density at radius 2 is 2.10 bits per heavy atom. The van der Waals surface area contributed by atoms with E-state index < -0.39 is 5.69 Å². The summed E-state index contributed by atoms with van der Waals surface area (Å²) in [5.41, 5.74) is 2.81. The maximum absolute atomic E-state index is 12.6. The molecule has 3 aromatic rings. The van der Waals surface area contributed by atoms with Crippen molar-refractivity contribution in [3.8, 4) is 16.9 Å². The number of nitrogens with zero attached hydrogens (tertiary/aromatic N) is 4. The molecular formula is C21H23N5O3. The first kappa shape index (κ1) is 18.9. The fraction of sp³-hybridized carbons (Fsp3) is 0.333. The lowest BCUT2D eigenvalue weighted by Crippen LogP contribution is -2.41. The zero-order valence-corrected chi connectivity index (χ0v) is 16.2. The average molecular weight is 393 g/mol. The maximum atomic E-state index is 12.6. The minimum Gasteiger partial charge on any atom is -0.497 e. The van der Waals surface area contributed by atoms with Gasteiger partial charge in [0, 0.05) is 42.7 Å². The van der Waals surface area contributed by atoms with Gasteiger partial charge in [-0.2, -0.15) is 5.10 Å². The summed E-state index contributed by atoms with van der Waals surface area (Å²) < 4.78 is 6.67. The summed E-state index contributed by atoms with van der Waals surface area (Å²) in [4.78, 5) is 29.8. The van der Waals surface area contributed by atoms with Gasteiger partial charge >= 0.3 is 5.69 Å². The molecule has 1 aromatic carbocycles. The van der Waals surface area contributed by atoms with E-state index in [1.165, 1.54) is 10.8 Å². The van der Waals surface area contributed by atoms with Crippen molar-refractivity contribution in [3.05, 3.63) is 65.1 Å². The van der Waals surface area contributed by atoms with Crippen LogP contribution in [0.15, 0.2) is 53.7 Å². The lowest BCUT2D eigenvalue weighted by atomic mass is 9.89. The maximum Gasteiger partial charge on any atom is 0.347 e. The monoisotopic (exact) mass is 393 g/mol. The number of methoxy groups -OCH3 is 1. The molecule has 1 amide bonds. The van der Waals surface area contributed by atoms with E-state index in [0.29, 0.717) is 19.0 Å². The number of hydrogen-bond donors (Lipinski definition) is 1. The van der Waals surface area contributed by atoms with E-state index in [9.17, 15) is 9.59 Å². The van der Waals surface area contributed by atoms with Gasteiger partial charge in [-0.15, -0.1) is 0 Å². The normalized spacial score (nSPS) is 14.7. The third-order valence-electron chi connectivity index (χ3n) is 5.39. The first-order chi connectivity index (χ1) is 14.2. The number of aromatic nitrogens is 4. The molecule has 1 saturated heterocycles. The predicted molar refractivity (Wildman–Crippen MR) is 108 cm³/mol. The Morgan fingerprint density at radius 3 is 2.86 bits per heavy atom. The summed E-state index contributed by atoms with van der Waals surface area (Å²) in [5, 5.41) is 7.41. The molecule has 3 heterocycles. The van der Waals surface area contributed by atoms with Crippen molar-refractivity contribution in [1.82, 2.24) is 24.6 Å². The SMILES string of the molecule is COc1cccc(-c2cn[nH]c2C2CCN(C(=O)Cn3cccnc3=O)CC2)c1. The van der Waals surface area contributed by atoms with Crippen LogP contribution in [0.3, 0.4) is 0 Å². The number of carbonyl (C=O) groups is 1. The molecular weight excluding hydrogens is 370 g/mol. The molecule has 0 atom stereocenters. The average Bonchev–Trinajstić information content (AvgIpc) is 3.25. The van der Waals surface area contributed by atoms with Crippen molar-refractivity contribution in [3.63, 3.8) is 0 Å². The van der Waals surface area contributed by atoms with Gasteiger partial charge in [0.05, 0.1) is 13.3 Å². The number of amides is 1. The van der Waals surface area contributed by atoms with Gasteiger partial charge in [-0.1, -0.05) is 12.1 Å². The molecule has 8 heteroatoms. The van der Waals surface area contributed by atoms with E-state index in [2.05, 4.69) is 15.2 Å². The lowest BCUT2D eigenvalue weighted by molar-refractivity contribution is -0.133. The number of hydrogen-bond acceptors (Lipinski definition) is 5. The Balaban J connectivity index is 1.43. The van der Waals surface area contributed by atoms with Crippen molar-refractivity contribution >= 4 is 5.91 Å². The molecule has 4 rings (SSSR count). The molecule has 150 valence electrons. The zero-order chi connectivity index (χ0) is 20.2. The second-order valence-corrected chi connectivity index (χ2v) is 7.11. The number of benzene rings is 1. The van der Waals surface area contributed by atoms with Crippen molar-refractivity contribution in [2.45, 2.75) is 25.3 Å². The van der Waals surface area contributed by atoms with Crippen LogP contribution in [0.25, 0.3) is 11.1 Å². The molecule has 0 saturated carbocycles. The summed E-state index contributed by atoms with van der Waals surface area (Å²) in [6, 6.07) is 9.58. The number of H-pyrrole nitrogens is 1. The van der Waals surface area contributed by atoms with E-state index in [-0.39, 0.29) is 12.5 Å². The van der Waals surface area contributed by atoms with Crippen LogP contribution in [-0.4, -0.2) is 50.8 Å². The Bertz CT molecular complexity index is 1050. The summed E-state index contributed by atoms with van der Waals surface area (Å²) >= 11 is 0. The Morgan fingerprint density at radius 1 is 1.28 bits per heavy atom. The largest absolute Gasteiger partial charge is 0.497 e. The van der Waals surface area contributed by atoms with Crippen molar-refractivity contribution in [2.24, 2.45) is 0 Å². The van der Waals surface area contributed by atoms with Crippen LogP contribution in [-0.2, 0) is 11.3 Å². The van der Waals surface area contributed by atoms with E-state index in [1.54, 1.807) is 19.4 Å². The van der Waals surface area contributed by atoms with Gasteiger partial charge in [0.25, 0.3) is 0 Å². The van der Waals surface area contributed by atoms with Crippen LogP contribution in [0.2, 0.25) is 0 Å². The summed E-state index contributed by atoms with van der Waals surface area (Å²) in [6.45, 7) is 1.32. The molecule has 0 bridgehead atoms. The van der Waals surface area contributed by atoms with Gasteiger partial charge in [0.2, 0.25) is 5.91 Å². The number of ether oxygens (including phenoxy) is 1. The predicted octanol–water partition coefficient (Wildman–Crippen LogP) is 2.05. The highest BCUT2D eigenvalue weighted by Gasteiger charge is 2.27. The Hall–Kier alpha value is -3.42. The lowest BCUT2D eigenvalue weighted by Gasteiger charge is -2.32. The molecule has 1 N–H and O–H groups in total. The smallest absolute Gasteiger partial charge is 0.347 e. The van der Waals surface area contributed by atoms with Crippen LogP contribution in [0.4, 0.5) is 0 Å². The minimum atomic E-state index is -0.406. The Kier molecular flexibility index (Phi) is 5.41. The number of carbonyl (C=O) groups excluding carboxylic acids is 1. The quantitative estimate of drug-likeness (QED) is 0.716. The van der Waals surface area contributed by atoms with E-state index >= 15 is 0 Å². The second kappa shape index (κ2) is 8.30. The van der Waals surface area contributed by atoms with Crippen molar-refractivity contribution in [1.29, 1.82) is 0 Å². The first-order valence-corrected chi connectivity index (χ1v) is 9.62. The third-order valence-corrected chi connectivity index (χ3v) is 5.39. The zero-order valence-electron chi connectivity index (χ0n) is 16.2. The Labute approximate surface area is 168 Å². The molecule has 0 aliphatic carbocycles. The molecule has 1 aliphatic heterocycles. The van der Waals surface area contributed by atoms with Crippen LogP contribution in [0.1, 0.15) is 24.5 Å². The van der Waals surface area contributed by atoms with Crippen LogP contribution >= 0.6 is 0 Å². The number of nitrogens with one attached hydrogen (secondary N) is 1. The van der Waals surface area contributed by atoms with Crippen LogP contribution in [0.5, 0.6) is 5.75 Å². The molecule has 0 spiro atoms. The topological polar surface area (TPSA) is 93.1 Å². The summed E-state index contributed by atoms with van der Waals surface area (Å²) in [7, 11) is 1.65. The van der Waals surface area contributed by atoms with Gasteiger partial charge < -0.3 is 9.64 Å². The summed E-state index contributed by atoms with van der Waals surface area (Å²) in [6.07, 6.45) is 6.54. The van der Waals surface area contributed by atoms with Gasteiger partial charge in [-0.05, 0) is 36.6 Å². The third kappa shape index (κ3) is 4.06. The second-order valence-electron chi connectivity index (χ2n) is 7.11. The summed E-state index contributed by atoms with van der Waals surface area (Å²) in [5.74, 6) is 1.04. The number of rotatable bonds is 5. The van der Waals surface area contributed by atoms with Gasteiger partial charge in [0.15, 0.2) is 0 Å². The molecule has 2 aromatic heterocycles. The molecule has 29 heavy (non-hydrogen) atoms. The first-order valence-electron chi connectivity index (χ1n) is 9.62. The number of aromatic amines is 1. The fourth-order valence-corrected chi connectivity index (χ4v) is 3.80. The minimum absolute atomic E-state index is 0.0243. The molecule has 1 fully saturated rings. The highest BCUT2D eigenvalue weighted by atomic mass is 16.5. The molecule has 1 aliphatic rings. The van der Waals surface area contributed by atoms with Gasteiger partial charge in [-0.3, -0.25) is 14.5 Å². The molecule has 0 unspecified atom stereocenters. The van der Waals surface area contributed by atoms with E-state index in [0.717, 1.165) is 35.4 Å². The van der Waals surface area contributed by atoms with Crippen LogP contribution in [0, 0.1) is 0 Å². The standard InChI is InChI=1S/C21H23N5O3/c1-29-17-5-2-4-16(12-17)18-13-23-24-20(18)15-6-10-25(11-7-15)19(27)14-26-9-3-8-22-21(26)28/h2-5,8-9,12-13,15H,6-7,10-11,14H2,1H3,(H,23,24). The van der Waals surface area contributed by atoms with Gasteiger partial charge in [-0.25, -0.2) is 9.78 Å². The van der Waals surface area contributed by atoms with Crippen LogP contribution < -0.4 is 10.4 Å². The van der Waals surface area contributed by atoms with E-state index in [4.69, 9.17) is 4.74 Å². The fourth-order valence-electron chi connectivity index (χ4n) is 3.80. The van der Waals surface area contributed by atoms with Crippen molar-refractivity contribution in [2.75, 3.05) is 20.2 Å². The number of likely N-dealkylation sites (tertiary alicyclic amines) is 1. The molecule has 0 radical (unpaired) electrons.